The van der Waals surface area contributed by atoms with Crippen molar-refractivity contribution in [1.82, 2.24) is 10.2 Å². The van der Waals surface area contributed by atoms with Crippen LogP contribution in [0.1, 0.15) is 39.0 Å². The third-order valence-corrected chi connectivity index (χ3v) is 4.15. The molecule has 2 heterocycles. The van der Waals surface area contributed by atoms with Crippen molar-refractivity contribution in [2.24, 2.45) is 5.92 Å². The van der Waals surface area contributed by atoms with Crippen LogP contribution in [0.4, 0.5) is 0 Å². The van der Waals surface area contributed by atoms with Crippen LogP contribution in [0.2, 0.25) is 0 Å². The number of piperidine rings is 2. The van der Waals surface area contributed by atoms with Crippen molar-refractivity contribution < 1.29 is 14.7 Å². The molecule has 18 heavy (non-hydrogen) atoms. The molecule has 0 saturated carbocycles. The van der Waals surface area contributed by atoms with Crippen LogP contribution in [0.15, 0.2) is 0 Å². The average molecular weight is 254 g/mol. The largest absolute Gasteiger partial charge is 0.481 e. The van der Waals surface area contributed by atoms with Crippen molar-refractivity contribution in [1.29, 1.82) is 0 Å². The van der Waals surface area contributed by atoms with E-state index in [4.69, 9.17) is 5.11 Å². The van der Waals surface area contributed by atoms with Crippen LogP contribution >= 0.6 is 0 Å². The summed E-state index contributed by atoms with van der Waals surface area (Å²) in [6.07, 6.45) is 4.49. The Labute approximate surface area is 108 Å². The van der Waals surface area contributed by atoms with Gasteiger partial charge >= 0.3 is 5.97 Å². The number of nitrogens with zero attached hydrogens (tertiary/aromatic N) is 1. The molecule has 0 aromatic rings. The maximum atomic E-state index is 12.5. The third-order valence-electron chi connectivity index (χ3n) is 4.15. The molecular weight excluding hydrogens is 232 g/mol. The van der Waals surface area contributed by atoms with Gasteiger partial charge in [0.1, 0.15) is 0 Å². The molecular formula is C13H22N2O3. The zero-order valence-electron chi connectivity index (χ0n) is 10.9. The van der Waals surface area contributed by atoms with Gasteiger partial charge in [0.25, 0.3) is 0 Å². The predicted octanol–water partition coefficient (Wildman–Crippen LogP) is 0.842. The van der Waals surface area contributed by atoms with Crippen molar-refractivity contribution in [3.8, 4) is 0 Å². The van der Waals surface area contributed by atoms with Crippen molar-refractivity contribution in [2.75, 3.05) is 19.6 Å². The number of aliphatic carboxylic acids is 1. The molecule has 2 rings (SSSR count). The van der Waals surface area contributed by atoms with Gasteiger partial charge in [-0.15, -0.1) is 0 Å². The average Bonchev–Trinajstić information content (AvgIpc) is 2.39. The summed E-state index contributed by atoms with van der Waals surface area (Å²) in [5.41, 5.74) is -0.487. The minimum Gasteiger partial charge on any atom is -0.481 e. The fraction of sp³-hybridized carbons (Fsp3) is 0.846. The van der Waals surface area contributed by atoms with Crippen molar-refractivity contribution >= 4 is 11.9 Å². The van der Waals surface area contributed by atoms with E-state index in [9.17, 15) is 9.59 Å². The van der Waals surface area contributed by atoms with Gasteiger partial charge in [-0.25, -0.2) is 0 Å². The van der Waals surface area contributed by atoms with E-state index in [1.807, 2.05) is 6.92 Å². The molecule has 0 aromatic heterocycles. The number of hydrogen-bond donors (Lipinski definition) is 2. The molecule has 5 nitrogen and oxygen atoms in total. The summed E-state index contributed by atoms with van der Waals surface area (Å²) < 4.78 is 0. The first-order chi connectivity index (χ1) is 8.53. The van der Waals surface area contributed by atoms with Gasteiger partial charge in [0.05, 0.1) is 11.5 Å². The van der Waals surface area contributed by atoms with Crippen LogP contribution < -0.4 is 5.32 Å². The molecule has 2 N–H and O–H groups in total. The van der Waals surface area contributed by atoms with Crippen LogP contribution in [-0.4, -0.2) is 47.1 Å². The fourth-order valence-corrected chi connectivity index (χ4v) is 2.95. The molecule has 1 amide bonds. The molecule has 5 heteroatoms. The molecule has 2 aliphatic rings. The minimum absolute atomic E-state index is 0.0770. The topological polar surface area (TPSA) is 69.6 Å². The standard InChI is InChI=1S/C13H22N2O3/c1-13(6-2-3-7-14-13)12(18)15-8-4-5-10(9-15)11(16)17/h10,14H,2-9H2,1H3,(H,16,17). The lowest BCUT2D eigenvalue weighted by Gasteiger charge is -2.40. The lowest BCUT2D eigenvalue weighted by Crippen LogP contribution is -2.59. The molecule has 2 fully saturated rings. The maximum Gasteiger partial charge on any atom is 0.308 e. The SMILES string of the molecule is CC1(C(=O)N2CCCC(C(=O)O)C2)CCCCN1. The number of likely N-dealkylation sites (tertiary alicyclic amines) is 1. The summed E-state index contributed by atoms with van der Waals surface area (Å²) in [6.45, 7) is 3.88. The minimum atomic E-state index is -0.783. The Morgan fingerprint density at radius 2 is 2.11 bits per heavy atom. The zero-order chi connectivity index (χ0) is 13.2. The summed E-state index contributed by atoms with van der Waals surface area (Å²) >= 11 is 0. The van der Waals surface area contributed by atoms with Crippen LogP contribution in [-0.2, 0) is 9.59 Å². The molecule has 102 valence electrons. The lowest BCUT2D eigenvalue weighted by molar-refractivity contribution is -0.148. The van der Waals surface area contributed by atoms with E-state index < -0.39 is 17.4 Å². The monoisotopic (exact) mass is 254 g/mol. The van der Waals surface area contributed by atoms with E-state index in [0.29, 0.717) is 19.5 Å². The van der Waals surface area contributed by atoms with E-state index >= 15 is 0 Å². The first kappa shape index (κ1) is 13.3. The van der Waals surface area contributed by atoms with Crippen molar-refractivity contribution in [2.45, 2.75) is 44.6 Å². The van der Waals surface area contributed by atoms with Gasteiger partial charge in [0, 0.05) is 13.1 Å². The van der Waals surface area contributed by atoms with Crippen molar-refractivity contribution in [3.63, 3.8) is 0 Å². The lowest BCUT2D eigenvalue weighted by atomic mass is 9.88. The Morgan fingerprint density at radius 3 is 2.72 bits per heavy atom. The fourth-order valence-electron chi connectivity index (χ4n) is 2.95. The summed E-state index contributed by atoms with van der Waals surface area (Å²) in [7, 11) is 0. The molecule has 2 unspecified atom stereocenters. The smallest absolute Gasteiger partial charge is 0.308 e. The number of nitrogens with one attached hydrogen (secondary N) is 1. The summed E-state index contributed by atoms with van der Waals surface area (Å²) in [5.74, 6) is -1.10. The number of carboxylic acids is 1. The summed E-state index contributed by atoms with van der Waals surface area (Å²) in [6, 6.07) is 0. The van der Waals surface area contributed by atoms with E-state index in [0.717, 1.165) is 32.2 Å². The highest BCUT2D eigenvalue weighted by atomic mass is 16.4. The zero-order valence-corrected chi connectivity index (χ0v) is 10.9. The van der Waals surface area contributed by atoms with Crippen LogP contribution in [0, 0.1) is 5.92 Å². The Balaban J connectivity index is 2.01. The highest BCUT2D eigenvalue weighted by Crippen LogP contribution is 2.25. The van der Waals surface area contributed by atoms with Crippen molar-refractivity contribution in [3.05, 3.63) is 0 Å². The Kier molecular flexibility index (Phi) is 3.90. The van der Waals surface area contributed by atoms with Gasteiger partial charge in [-0.2, -0.15) is 0 Å². The highest BCUT2D eigenvalue weighted by molar-refractivity contribution is 5.86. The normalized spacial score (nSPS) is 33.2. The van der Waals surface area contributed by atoms with Gasteiger partial charge in [0.2, 0.25) is 5.91 Å². The van der Waals surface area contributed by atoms with E-state index in [2.05, 4.69) is 5.32 Å². The van der Waals surface area contributed by atoms with Crippen LogP contribution in [0.25, 0.3) is 0 Å². The molecule has 0 aliphatic carbocycles. The van der Waals surface area contributed by atoms with Crippen LogP contribution in [0.5, 0.6) is 0 Å². The predicted molar refractivity (Wildman–Crippen MR) is 67.2 cm³/mol. The first-order valence-electron chi connectivity index (χ1n) is 6.80. The number of carboxylic acid groups (broad SMARTS) is 1. The second-order valence-corrected chi connectivity index (χ2v) is 5.64. The van der Waals surface area contributed by atoms with E-state index in [1.165, 1.54) is 0 Å². The molecule has 2 aliphatic heterocycles. The maximum absolute atomic E-state index is 12.5. The van der Waals surface area contributed by atoms with E-state index in [1.54, 1.807) is 4.90 Å². The van der Waals surface area contributed by atoms with Gasteiger partial charge in [-0.1, -0.05) is 0 Å². The third kappa shape index (κ3) is 2.66. The Hall–Kier alpha value is -1.10. The Bertz CT molecular complexity index is 337. The van der Waals surface area contributed by atoms with Gasteiger partial charge in [-0.05, 0) is 45.6 Å². The van der Waals surface area contributed by atoms with Gasteiger partial charge in [0.15, 0.2) is 0 Å². The van der Waals surface area contributed by atoms with Crippen LogP contribution in [0.3, 0.4) is 0 Å². The van der Waals surface area contributed by atoms with Gasteiger partial charge in [-0.3, -0.25) is 9.59 Å². The highest BCUT2D eigenvalue weighted by Gasteiger charge is 2.39. The van der Waals surface area contributed by atoms with E-state index in [-0.39, 0.29) is 5.91 Å². The quantitative estimate of drug-likeness (QED) is 0.766. The molecule has 0 spiro atoms. The molecule has 0 bridgehead atoms. The molecule has 2 saturated heterocycles. The summed E-state index contributed by atoms with van der Waals surface area (Å²) in [4.78, 5) is 25.3. The number of carbonyl (C=O) groups excluding carboxylic acids is 1. The molecule has 2 atom stereocenters. The van der Waals surface area contributed by atoms with Gasteiger partial charge < -0.3 is 15.3 Å². The number of amides is 1. The summed E-state index contributed by atoms with van der Waals surface area (Å²) in [5, 5.41) is 12.4. The Morgan fingerprint density at radius 1 is 1.33 bits per heavy atom. The second-order valence-electron chi connectivity index (χ2n) is 5.64. The molecule has 0 radical (unpaired) electrons. The molecule has 0 aromatic carbocycles. The number of hydrogen-bond acceptors (Lipinski definition) is 3. The second kappa shape index (κ2) is 5.26. The number of carbonyl (C=O) groups is 2. The number of rotatable bonds is 2. The first-order valence-corrected chi connectivity index (χ1v) is 6.80.